The van der Waals surface area contributed by atoms with Gasteiger partial charge in [-0.2, -0.15) is 4.72 Å². The van der Waals surface area contributed by atoms with Crippen LogP contribution in [0, 0.1) is 0 Å². The van der Waals surface area contributed by atoms with E-state index in [0.29, 0.717) is 38.2 Å². The van der Waals surface area contributed by atoms with E-state index in [2.05, 4.69) is 4.72 Å². The van der Waals surface area contributed by atoms with E-state index in [9.17, 15) is 21.6 Å². The number of ether oxygens (including phenoxy) is 1. The molecule has 2 aromatic rings. The third-order valence-electron chi connectivity index (χ3n) is 7.07. The van der Waals surface area contributed by atoms with Crippen molar-refractivity contribution in [3.05, 3.63) is 65.7 Å². The Labute approximate surface area is 225 Å². The van der Waals surface area contributed by atoms with Crippen molar-refractivity contribution in [3.63, 3.8) is 0 Å². The van der Waals surface area contributed by atoms with Gasteiger partial charge in [0.15, 0.2) is 0 Å². The van der Waals surface area contributed by atoms with Crippen LogP contribution < -0.4 is 9.03 Å². The van der Waals surface area contributed by atoms with Crippen LogP contribution in [0.15, 0.2) is 54.6 Å². The first-order valence-corrected chi connectivity index (χ1v) is 16.0. The van der Waals surface area contributed by atoms with E-state index in [4.69, 9.17) is 4.74 Å². The second-order valence-corrected chi connectivity index (χ2v) is 14.0. The molecule has 0 radical (unpaired) electrons. The number of hydrogen-bond donors (Lipinski definition) is 1. The maximum absolute atomic E-state index is 13.6. The molecule has 0 saturated carbocycles. The lowest BCUT2D eigenvalue weighted by molar-refractivity contribution is -0.136. The number of nitrogens with one attached hydrogen (secondary N) is 1. The molecule has 38 heavy (non-hydrogen) atoms. The summed E-state index contributed by atoms with van der Waals surface area (Å²) in [5.74, 6) is -0.599. The minimum atomic E-state index is -3.77. The summed E-state index contributed by atoms with van der Waals surface area (Å²) in [4.78, 5) is 16.8. The van der Waals surface area contributed by atoms with Crippen LogP contribution in [-0.2, 0) is 41.6 Å². The van der Waals surface area contributed by atoms with Gasteiger partial charge in [-0.05, 0) is 44.1 Å². The number of benzene rings is 2. The van der Waals surface area contributed by atoms with Gasteiger partial charge < -0.3 is 9.64 Å². The molecule has 10 nitrogen and oxygen atoms in total. The van der Waals surface area contributed by atoms with Crippen LogP contribution in [0.4, 0.5) is 5.69 Å². The summed E-state index contributed by atoms with van der Waals surface area (Å²) in [5, 5.41) is 0. The van der Waals surface area contributed by atoms with Crippen LogP contribution in [-0.4, -0.2) is 91.1 Å². The zero-order valence-electron chi connectivity index (χ0n) is 22.0. The molecular formula is C26H36N4O6S2. The van der Waals surface area contributed by atoms with Crippen molar-refractivity contribution in [1.82, 2.24) is 14.5 Å². The topological polar surface area (TPSA) is 116 Å². The Morgan fingerprint density at radius 2 is 1.66 bits per heavy atom. The molecule has 12 heteroatoms. The Morgan fingerprint density at radius 3 is 2.29 bits per heavy atom. The van der Waals surface area contributed by atoms with Gasteiger partial charge in [-0.25, -0.2) is 16.8 Å². The summed E-state index contributed by atoms with van der Waals surface area (Å²) >= 11 is 0. The van der Waals surface area contributed by atoms with Gasteiger partial charge in [0.1, 0.15) is 11.9 Å². The fourth-order valence-electron chi connectivity index (χ4n) is 5.30. The average molecular weight is 565 g/mol. The first-order chi connectivity index (χ1) is 17.9. The zero-order valence-corrected chi connectivity index (χ0v) is 23.7. The number of anilines is 1. The number of para-hydroxylation sites is 1. The van der Waals surface area contributed by atoms with Crippen LogP contribution in [0.2, 0.25) is 0 Å². The number of carbonyl (C=O) groups excluding carboxylic acids is 1. The number of rotatable bonds is 10. The Bertz CT molecular complexity index is 1340. The predicted octanol–water partition coefficient (Wildman–Crippen LogP) is 1.35. The lowest BCUT2D eigenvalue weighted by Gasteiger charge is -2.40. The minimum absolute atomic E-state index is 0.104. The summed E-state index contributed by atoms with van der Waals surface area (Å²) < 4.78 is 60.1. The first-order valence-electron chi connectivity index (χ1n) is 12.5. The van der Waals surface area contributed by atoms with Gasteiger partial charge in [-0.1, -0.05) is 48.5 Å². The second-order valence-electron chi connectivity index (χ2n) is 10.4. The quantitative estimate of drug-likeness (QED) is 0.463. The molecule has 4 rings (SSSR count). The Hall–Kier alpha value is -2.51. The van der Waals surface area contributed by atoms with Crippen molar-refractivity contribution in [3.8, 4) is 0 Å². The van der Waals surface area contributed by atoms with Crippen LogP contribution in [0.25, 0.3) is 0 Å². The molecule has 2 heterocycles. The lowest BCUT2D eigenvalue weighted by atomic mass is 9.74. The molecule has 1 unspecified atom stereocenters. The number of carbonyl (C=O) groups is 1. The maximum Gasteiger partial charge on any atom is 0.243 e. The van der Waals surface area contributed by atoms with E-state index in [1.807, 2.05) is 54.6 Å². The van der Waals surface area contributed by atoms with E-state index < -0.39 is 26.1 Å². The smallest absolute Gasteiger partial charge is 0.243 e. The van der Waals surface area contributed by atoms with Crippen LogP contribution in [0.3, 0.4) is 0 Å². The molecule has 208 valence electrons. The van der Waals surface area contributed by atoms with Crippen molar-refractivity contribution in [2.24, 2.45) is 0 Å². The SMILES string of the molecule is CN(C)CS(=O)(=O)NC(COCc1ccccc1)C(=O)N1CCC2(CC1)CN(S(C)(=O)=O)c1ccccc12. The molecule has 0 bridgehead atoms. The first kappa shape index (κ1) is 28.5. The Balaban J connectivity index is 1.47. The highest BCUT2D eigenvalue weighted by Gasteiger charge is 2.48. The van der Waals surface area contributed by atoms with Crippen molar-refractivity contribution in [2.45, 2.75) is 30.9 Å². The zero-order chi connectivity index (χ0) is 27.6. The fourth-order valence-corrected chi connectivity index (χ4v) is 7.66. The third-order valence-corrected chi connectivity index (χ3v) is 9.69. The summed E-state index contributed by atoms with van der Waals surface area (Å²) in [6.45, 7) is 1.25. The fraction of sp³-hybridized carbons (Fsp3) is 0.500. The van der Waals surface area contributed by atoms with E-state index in [1.165, 1.54) is 15.5 Å². The van der Waals surface area contributed by atoms with Gasteiger partial charge in [-0.3, -0.25) is 14.0 Å². The molecule has 2 aromatic carbocycles. The number of amides is 1. The molecule has 2 aliphatic heterocycles. The lowest BCUT2D eigenvalue weighted by Crippen LogP contribution is -2.55. The highest BCUT2D eigenvalue weighted by atomic mass is 32.2. The van der Waals surface area contributed by atoms with E-state index in [0.717, 1.165) is 11.1 Å². The second kappa shape index (κ2) is 11.3. The van der Waals surface area contributed by atoms with Gasteiger partial charge in [0.25, 0.3) is 0 Å². The van der Waals surface area contributed by atoms with E-state index in [1.54, 1.807) is 19.0 Å². The molecular weight excluding hydrogens is 528 g/mol. The number of fused-ring (bicyclic) bond motifs is 2. The molecule has 1 fully saturated rings. The van der Waals surface area contributed by atoms with E-state index >= 15 is 0 Å². The van der Waals surface area contributed by atoms with Crippen molar-refractivity contribution in [1.29, 1.82) is 0 Å². The van der Waals surface area contributed by atoms with Crippen molar-refractivity contribution < 1.29 is 26.4 Å². The van der Waals surface area contributed by atoms with E-state index in [-0.39, 0.29) is 30.4 Å². The Kier molecular flexibility index (Phi) is 8.48. The summed E-state index contributed by atoms with van der Waals surface area (Å²) in [7, 11) is -3.92. The summed E-state index contributed by atoms with van der Waals surface area (Å²) in [6, 6.07) is 15.9. The molecule has 1 saturated heterocycles. The van der Waals surface area contributed by atoms with Crippen LogP contribution in [0.1, 0.15) is 24.0 Å². The summed E-state index contributed by atoms with van der Waals surface area (Å²) in [5.41, 5.74) is 2.20. The molecule has 0 aromatic heterocycles. The third kappa shape index (κ3) is 6.55. The molecule has 1 spiro atoms. The molecule has 2 aliphatic rings. The monoisotopic (exact) mass is 564 g/mol. The van der Waals surface area contributed by atoms with Crippen LogP contribution in [0.5, 0.6) is 0 Å². The number of likely N-dealkylation sites (tertiary alicyclic amines) is 1. The number of sulfonamides is 2. The minimum Gasteiger partial charge on any atom is -0.375 e. The number of hydrogen-bond acceptors (Lipinski definition) is 7. The highest BCUT2D eigenvalue weighted by molar-refractivity contribution is 7.92. The van der Waals surface area contributed by atoms with Crippen molar-refractivity contribution in [2.75, 3.05) is 56.8 Å². The van der Waals surface area contributed by atoms with Gasteiger partial charge in [-0.15, -0.1) is 0 Å². The largest absolute Gasteiger partial charge is 0.375 e. The van der Waals surface area contributed by atoms with Gasteiger partial charge >= 0.3 is 0 Å². The molecule has 1 atom stereocenters. The maximum atomic E-state index is 13.6. The molecule has 1 amide bonds. The highest BCUT2D eigenvalue weighted by Crippen LogP contribution is 2.47. The van der Waals surface area contributed by atoms with Gasteiger partial charge in [0.2, 0.25) is 26.0 Å². The number of nitrogens with zero attached hydrogens (tertiary/aromatic N) is 3. The summed E-state index contributed by atoms with van der Waals surface area (Å²) in [6.07, 6.45) is 2.36. The van der Waals surface area contributed by atoms with Crippen LogP contribution >= 0.6 is 0 Å². The average Bonchev–Trinajstić information content (AvgIpc) is 3.18. The molecule has 0 aliphatic carbocycles. The molecule has 1 N–H and O–H groups in total. The normalized spacial score (nSPS) is 18.1. The number of piperidine rings is 1. The van der Waals surface area contributed by atoms with Crippen molar-refractivity contribution >= 4 is 31.6 Å². The standard InChI is InChI=1S/C26H36N4O6S2/c1-28(2)20-38(34,35)27-23(18-36-17-21-9-5-4-6-10-21)25(31)29-15-13-26(14-16-29)19-30(37(3,32)33)24-12-8-7-11-22(24)26/h4-12,23,27H,13-20H2,1-3H3. The van der Waals surface area contributed by atoms with Gasteiger partial charge in [0.05, 0.1) is 25.2 Å². The Morgan fingerprint density at radius 1 is 1.03 bits per heavy atom. The predicted molar refractivity (Wildman–Crippen MR) is 147 cm³/mol. The van der Waals surface area contributed by atoms with Gasteiger partial charge in [0, 0.05) is 25.0 Å².